The molecule has 39 heavy (non-hydrogen) atoms. The van der Waals surface area contributed by atoms with Crippen molar-refractivity contribution in [3.8, 4) is 0 Å². The van der Waals surface area contributed by atoms with Crippen molar-refractivity contribution in [1.82, 2.24) is 25.2 Å². The van der Waals surface area contributed by atoms with E-state index in [-0.39, 0.29) is 17.7 Å². The van der Waals surface area contributed by atoms with Crippen molar-refractivity contribution in [2.45, 2.75) is 83.9 Å². The summed E-state index contributed by atoms with van der Waals surface area (Å²) in [7, 11) is 1.95. The first kappa shape index (κ1) is 28.2. The predicted molar refractivity (Wildman–Crippen MR) is 148 cm³/mol. The zero-order valence-electron chi connectivity index (χ0n) is 23.1. The van der Waals surface area contributed by atoms with Crippen molar-refractivity contribution in [2.24, 2.45) is 13.0 Å². The second-order valence-electron chi connectivity index (χ2n) is 11.0. The molecule has 2 atom stereocenters. The van der Waals surface area contributed by atoms with E-state index in [1.165, 1.54) is 6.42 Å². The maximum absolute atomic E-state index is 13.6. The van der Waals surface area contributed by atoms with Gasteiger partial charge in [0, 0.05) is 42.3 Å². The molecule has 4 N–H and O–H groups in total. The zero-order valence-corrected chi connectivity index (χ0v) is 23.1. The maximum Gasteiger partial charge on any atom is 0.408 e. The maximum atomic E-state index is 13.6. The van der Waals surface area contributed by atoms with E-state index < -0.39 is 30.1 Å². The van der Waals surface area contributed by atoms with E-state index in [1.54, 1.807) is 6.92 Å². The lowest BCUT2D eigenvalue weighted by Gasteiger charge is -2.26. The number of carbonyl (C=O) groups excluding carboxylic acids is 2. The number of carboxylic acids is 1. The minimum Gasteiger partial charge on any atom is -0.476 e. The fourth-order valence-electron chi connectivity index (χ4n) is 5.36. The topological polar surface area (TPSA) is 138 Å². The number of H-pyrrole nitrogens is 1. The molecule has 3 aromatic rings. The average molecular weight is 538 g/mol. The van der Waals surface area contributed by atoms with Gasteiger partial charge < -0.3 is 30.0 Å². The number of para-hydroxylation sites is 1. The van der Waals surface area contributed by atoms with Crippen molar-refractivity contribution in [1.29, 1.82) is 0 Å². The number of nitrogens with one attached hydrogen (secondary N) is 3. The van der Waals surface area contributed by atoms with Gasteiger partial charge in [-0.05, 0) is 43.7 Å². The summed E-state index contributed by atoms with van der Waals surface area (Å²) in [4.78, 5) is 45.4. The Labute approximate surface area is 228 Å². The number of carbonyl (C=O) groups is 3. The fraction of sp³-hybridized carbons (Fsp3) is 0.517. The molecule has 210 valence electrons. The van der Waals surface area contributed by atoms with Crippen molar-refractivity contribution in [3.63, 3.8) is 0 Å². The molecule has 2 aromatic heterocycles. The lowest BCUT2D eigenvalue weighted by molar-refractivity contribution is -0.131. The normalized spacial score (nSPS) is 15.7. The molecule has 1 saturated carbocycles. The number of rotatable bonds is 10. The molecule has 10 nitrogen and oxygen atoms in total. The van der Waals surface area contributed by atoms with Crippen molar-refractivity contribution in [2.75, 3.05) is 0 Å². The lowest BCUT2D eigenvalue weighted by atomic mass is 9.96. The molecule has 2 amide bonds. The van der Waals surface area contributed by atoms with Crippen LogP contribution in [0.25, 0.3) is 10.9 Å². The van der Waals surface area contributed by atoms with Crippen LogP contribution in [0.2, 0.25) is 0 Å². The summed E-state index contributed by atoms with van der Waals surface area (Å²) in [5.41, 5.74) is 2.32. The van der Waals surface area contributed by atoms with Gasteiger partial charge in [-0.15, -0.1) is 0 Å². The zero-order chi connectivity index (χ0) is 28.1. The molecule has 1 aliphatic carbocycles. The van der Waals surface area contributed by atoms with Crippen LogP contribution in [-0.4, -0.2) is 49.8 Å². The number of hydrogen-bond acceptors (Lipinski definition) is 5. The van der Waals surface area contributed by atoms with Gasteiger partial charge in [-0.25, -0.2) is 14.6 Å². The van der Waals surface area contributed by atoms with Crippen LogP contribution < -0.4 is 10.6 Å². The third-order valence-corrected chi connectivity index (χ3v) is 7.31. The van der Waals surface area contributed by atoms with Crippen molar-refractivity contribution < 1.29 is 24.2 Å². The van der Waals surface area contributed by atoms with E-state index in [1.807, 2.05) is 55.9 Å². The van der Waals surface area contributed by atoms with Gasteiger partial charge in [0.05, 0.1) is 6.04 Å². The Balaban J connectivity index is 1.58. The van der Waals surface area contributed by atoms with Gasteiger partial charge in [0.15, 0.2) is 11.8 Å². The number of nitrogens with zero attached hydrogens (tertiary/aromatic N) is 2. The van der Waals surface area contributed by atoms with Gasteiger partial charge in [0.1, 0.15) is 5.82 Å². The Bertz CT molecular complexity index is 1320. The quantitative estimate of drug-likeness (QED) is 0.294. The van der Waals surface area contributed by atoms with Gasteiger partial charge in [0.25, 0.3) is 5.91 Å². The number of alkyl carbamates (subject to hydrolysis) is 1. The van der Waals surface area contributed by atoms with E-state index in [2.05, 4.69) is 20.6 Å². The summed E-state index contributed by atoms with van der Waals surface area (Å²) in [6, 6.07) is 7.34. The second-order valence-corrected chi connectivity index (χ2v) is 11.0. The highest BCUT2D eigenvalue weighted by Gasteiger charge is 2.30. The molecule has 0 saturated heterocycles. The van der Waals surface area contributed by atoms with Crippen LogP contribution in [0.5, 0.6) is 0 Å². The number of carboxylic acid groups (broad SMARTS) is 1. The number of aromatic nitrogens is 3. The molecule has 1 aliphatic rings. The van der Waals surface area contributed by atoms with E-state index in [4.69, 9.17) is 4.74 Å². The summed E-state index contributed by atoms with van der Waals surface area (Å²) in [5.74, 6) is -1.16. The number of ether oxygens (including phenoxy) is 1. The van der Waals surface area contributed by atoms with E-state index in [0.717, 1.165) is 42.1 Å². The molecular formula is C29H39N5O5. The molecule has 0 radical (unpaired) electrons. The number of benzene rings is 1. The molecule has 0 unspecified atom stereocenters. The highest BCUT2D eigenvalue weighted by atomic mass is 16.6. The first-order valence-electron chi connectivity index (χ1n) is 13.7. The van der Waals surface area contributed by atoms with Crippen LogP contribution in [-0.2, 0) is 23.0 Å². The summed E-state index contributed by atoms with van der Waals surface area (Å²) < 4.78 is 7.68. The Kier molecular flexibility index (Phi) is 8.93. The number of aromatic carboxylic acids is 1. The van der Waals surface area contributed by atoms with Gasteiger partial charge in [0.2, 0.25) is 0 Å². The highest BCUT2D eigenvalue weighted by molar-refractivity contribution is 5.87. The Morgan fingerprint density at radius 2 is 1.90 bits per heavy atom. The summed E-state index contributed by atoms with van der Waals surface area (Å²) in [6.45, 7) is 5.56. The van der Waals surface area contributed by atoms with Crippen LogP contribution in [0.4, 0.5) is 4.79 Å². The van der Waals surface area contributed by atoms with Crippen LogP contribution in [0.3, 0.4) is 0 Å². The Hall–Kier alpha value is -3.82. The lowest BCUT2D eigenvalue weighted by Crippen LogP contribution is -2.45. The van der Waals surface area contributed by atoms with Gasteiger partial charge in [-0.2, -0.15) is 0 Å². The first-order chi connectivity index (χ1) is 18.6. The van der Waals surface area contributed by atoms with Gasteiger partial charge in [-0.1, -0.05) is 51.3 Å². The van der Waals surface area contributed by atoms with Crippen LogP contribution in [0.1, 0.15) is 86.0 Å². The second kappa shape index (κ2) is 12.4. The molecule has 1 aromatic carbocycles. The number of amides is 2. The third kappa shape index (κ3) is 6.99. The molecule has 4 rings (SSSR count). The molecule has 10 heteroatoms. The largest absolute Gasteiger partial charge is 0.476 e. The standard InChI is InChI=1S/C29H39N5O5/c1-17(2)14-24(39-29(38)31-20-10-6-5-7-11-20)27(35)32-22(26-30-18(3)25(33-26)28(36)37)15-19-16-34(4)23-13-9-8-12-21(19)23/h8-9,12-13,16-17,20,22,24H,5-7,10-11,14-15H2,1-4H3,(H,30,33)(H,31,38)(H,32,35)(H,36,37)/t22-,24+/m1/s1. The molecular weight excluding hydrogens is 498 g/mol. The third-order valence-electron chi connectivity index (χ3n) is 7.31. The van der Waals surface area contributed by atoms with E-state index >= 15 is 0 Å². The Morgan fingerprint density at radius 1 is 1.18 bits per heavy atom. The molecule has 0 aliphatic heterocycles. The molecule has 2 heterocycles. The van der Waals surface area contributed by atoms with Crippen LogP contribution in [0.15, 0.2) is 30.5 Å². The van der Waals surface area contributed by atoms with Crippen molar-refractivity contribution >= 4 is 28.9 Å². The van der Waals surface area contributed by atoms with Crippen LogP contribution >= 0.6 is 0 Å². The minimum absolute atomic E-state index is 0.0636. The molecule has 0 spiro atoms. The van der Waals surface area contributed by atoms with Gasteiger partial charge in [-0.3, -0.25) is 4.79 Å². The van der Waals surface area contributed by atoms with Crippen molar-refractivity contribution in [3.05, 3.63) is 53.2 Å². The summed E-state index contributed by atoms with van der Waals surface area (Å²) in [6.07, 6.45) is 6.24. The fourth-order valence-corrected chi connectivity index (χ4v) is 5.36. The minimum atomic E-state index is -1.15. The number of fused-ring (bicyclic) bond motifs is 1. The summed E-state index contributed by atoms with van der Waals surface area (Å²) in [5, 5.41) is 16.5. The first-order valence-corrected chi connectivity index (χ1v) is 13.7. The van der Waals surface area contributed by atoms with E-state index in [0.29, 0.717) is 24.4 Å². The predicted octanol–water partition coefficient (Wildman–Crippen LogP) is 4.78. The monoisotopic (exact) mass is 537 g/mol. The SMILES string of the molecule is Cc1[nH]c([C@@H](Cc2cn(C)c3ccccc23)NC(=O)[C@H](CC(C)C)OC(=O)NC2CCCCC2)nc1C(=O)O. The Morgan fingerprint density at radius 3 is 2.56 bits per heavy atom. The van der Waals surface area contributed by atoms with Crippen LogP contribution in [0, 0.1) is 12.8 Å². The highest BCUT2D eigenvalue weighted by Crippen LogP contribution is 2.26. The smallest absolute Gasteiger partial charge is 0.408 e. The number of aromatic amines is 1. The number of imidazole rings is 1. The number of aryl methyl sites for hydroxylation is 2. The average Bonchev–Trinajstić information content (AvgIpc) is 3.43. The number of hydrogen-bond donors (Lipinski definition) is 4. The molecule has 1 fully saturated rings. The molecule has 0 bridgehead atoms. The van der Waals surface area contributed by atoms with Gasteiger partial charge >= 0.3 is 12.1 Å². The summed E-state index contributed by atoms with van der Waals surface area (Å²) >= 11 is 0. The van der Waals surface area contributed by atoms with E-state index in [9.17, 15) is 19.5 Å².